The topological polar surface area (TPSA) is 80.4 Å². The standard InChI is InChI=1S/C12H8N4O2/c17-12(18)10-11-15-9(7-16(11)6-5-14-10)8-3-1-2-4-13-8/h1-7H,(H,17,18). The fraction of sp³-hybridized carbons (Fsp3) is 0. The number of pyridine rings is 1. The Balaban J connectivity index is 2.23. The van der Waals surface area contributed by atoms with Gasteiger partial charge in [0.25, 0.3) is 0 Å². The summed E-state index contributed by atoms with van der Waals surface area (Å²) in [5.74, 6) is -1.10. The lowest BCUT2D eigenvalue weighted by atomic mass is 10.3. The minimum Gasteiger partial charge on any atom is -0.476 e. The molecule has 3 aromatic heterocycles. The number of nitrogens with zero attached hydrogens (tertiary/aromatic N) is 4. The summed E-state index contributed by atoms with van der Waals surface area (Å²) in [5.41, 5.74) is 1.55. The third-order valence-electron chi connectivity index (χ3n) is 2.50. The van der Waals surface area contributed by atoms with Crippen LogP contribution in [-0.2, 0) is 0 Å². The van der Waals surface area contributed by atoms with Crippen LogP contribution in [0.15, 0.2) is 43.0 Å². The number of fused-ring (bicyclic) bond motifs is 1. The first-order valence-corrected chi connectivity index (χ1v) is 5.24. The van der Waals surface area contributed by atoms with Gasteiger partial charge in [-0.3, -0.25) is 4.98 Å². The summed E-state index contributed by atoms with van der Waals surface area (Å²) < 4.78 is 1.63. The molecule has 6 nitrogen and oxygen atoms in total. The van der Waals surface area contributed by atoms with E-state index in [-0.39, 0.29) is 5.69 Å². The van der Waals surface area contributed by atoms with Gasteiger partial charge in [0.05, 0.1) is 5.69 Å². The minimum atomic E-state index is -1.10. The molecule has 0 aliphatic rings. The van der Waals surface area contributed by atoms with Crippen molar-refractivity contribution in [3.63, 3.8) is 0 Å². The SMILES string of the molecule is O=C(O)c1nccn2cc(-c3ccccn3)nc12. The minimum absolute atomic E-state index is 0.0697. The van der Waals surface area contributed by atoms with Gasteiger partial charge >= 0.3 is 5.97 Å². The summed E-state index contributed by atoms with van der Waals surface area (Å²) in [7, 11) is 0. The molecule has 0 radical (unpaired) electrons. The van der Waals surface area contributed by atoms with Crippen molar-refractivity contribution in [1.29, 1.82) is 0 Å². The van der Waals surface area contributed by atoms with Gasteiger partial charge in [0.1, 0.15) is 5.69 Å². The number of carboxylic acids is 1. The molecule has 0 aliphatic carbocycles. The first-order valence-electron chi connectivity index (χ1n) is 5.24. The smallest absolute Gasteiger partial charge is 0.358 e. The second-order valence-corrected chi connectivity index (χ2v) is 3.65. The van der Waals surface area contributed by atoms with Crippen LogP contribution in [0.4, 0.5) is 0 Å². The molecule has 3 rings (SSSR count). The van der Waals surface area contributed by atoms with Gasteiger partial charge in [0, 0.05) is 24.8 Å². The van der Waals surface area contributed by atoms with Crippen LogP contribution in [0.2, 0.25) is 0 Å². The molecule has 1 N–H and O–H groups in total. The van der Waals surface area contributed by atoms with E-state index in [0.29, 0.717) is 17.0 Å². The maximum atomic E-state index is 11.0. The molecule has 0 aliphatic heterocycles. The molecule has 0 amide bonds. The van der Waals surface area contributed by atoms with Crippen LogP contribution in [-0.4, -0.2) is 30.4 Å². The van der Waals surface area contributed by atoms with E-state index in [9.17, 15) is 4.79 Å². The summed E-state index contributed by atoms with van der Waals surface area (Å²) in [4.78, 5) is 23.3. The fourth-order valence-electron chi connectivity index (χ4n) is 1.71. The Morgan fingerprint density at radius 1 is 1.17 bits per heavy atom. The Labute approximate surface area is 102 Å². The molecule has 3 heterocycles. The highest BCUT2D eigenvalue weighted by molar-refractivity contribution is 5.92. The summed E-state index contributed by atoms with van der Waals surface area (Å²) in [6, 6.07) is 5.47. The molecule has 3 aromatic rings. The molecule has 0 fully saturated rings. The molecule has 0 atom stereocenters. The van der Waals surface area contributed by atoms with Gasteiger partial charge in [-0.2, -0.15) is 0 Å². The van der Waals surface area contributed by atoms with E-state index < -0.39 is 5.97 Å². The average molecular weight is 240 g/mol. The number of carboxylic acid groups (broad SMARTS) is 1. The monoisotopic (exact) mass is 240 g/mol. The van der Waals surface area contributed by atoms with E-state index in [1.165, 1.54) is 6.20 Å². The lowest BCUT2D eigenvalue weighted by Gasteiger charge is -1.95. The predicted molar refractivity (Wildman–Crippen MR) is 63.2 cm³/mol. The lowest BCUT2D eigenvalue weighted by Crippen LogP contribution is -2.03. The Morgan fingerprint density at radius 2 is 2.06 bits per heavy atom. The lowest BCUT2D eigenvalue weighted by molar-refractivity contribution is 0.0692. The van der Waals surface area contributed by atoms with E-state index >= 15 is 0 Å². The van der Waals surface area contributed by atoms with Crippen molar-refractivity contribution in [2.45, 2.75) is 0 Å². The Hall–Kier alpha value is -2.76. The number of imidazole rings is 1. The van der Waals surface area contributed by atoms with Crippen molar-refractivity contribution >= 4 is 11.6 Å². The third-order valence-corrected chi connectivity index (χ3v) is 2.50. The fourth-order valence-corrected chi connectivity index (χ4v) is 1.71. The molecule has 0 bridgehead atoms. The van der Waals surface area contributed by atoms with E-state index in [1.54, 1.807) is 23.0 Å². The normalized spacial score (nSPS) is 10.7. The van der Waals surface area contributed by atoms with Gasteiger partial charge in [-0.15, -0.1) is 0 Å². The first kappa shape index (κ1) is 10.4. The van der Waals surface area contributed by atoms with Crippen molar-refractivity contribution in [2.24, 2.45) is 0 Å². The number of hydrogen-bond donors (Lipinski definition) is 1. The number of aromatic carboxylic acids is 1. The molecule has 0 spiro atoms. The van der Waals surface area contributed by atoms with E-state index in [2.05, 4.69) is 15.0 Å². The number of carbonyl (C=O) groups is 1. The Bertz CT molecular complexity index is 721. The zero-order chi connectivity index (χ0) is 12.5. The van der Waals surface area contributed by atoms with Gasteiger partial charge in [0.2, 0.25) is 0 Å². The summed E-state index contributed by atoms with van der Waals surface area (Å²) >= 11 is 0. The highest BCUT2D eigenvalue weighted by Gasteiger charge is 2.14. The van der Waals surface area contributed by atoms with Crippen LogP contribution in [0.1, 0.15) is 10.5 Å². The van der Waals surface area contributed by atoms with Gasteiger partial charge < -0.3 is 9.51 Å². The maximum absolute atomic E-state index is 11.0. The van der Waals surface area contributed by atoms with E-state index in [0.717, 1.165) is 0 Å². The molecule has 6 heteroatoms. The molecule has 0 saturated carbocycles. The molecular weight excluding hydrogens is 232 g/mol. The summed E-state index contributed by atoms with van der Waals surface area (Å²) in [6.07, 6.45) is 6.48. The van der Waals surface area contributed by atoms with Crippen LogP contribution < -0.4 is 0 Å². The zero-order valence-corrected chi connectivity index (χ0v) is 9.19. The van der Waals surface area contributed by atoms with Crippen LogP contribution in [0.25, 0.3) is 17.0 Å². The molecule has 0 aromatic carbocycles. The van der Waals surface area contributed by atoms with Crippen molar-refractivity contribution in [1.82, 2.24) is 19.4 Å². The molecule has 0 saturated heterocycles. The van der Waals surface area contributed by atoms with E-state index in [4.69, 9.17) is 5.11 Å². The molecule has 0 unspecified atom stereocenters. The Kier molecular flexibility index (Phi) is 2.26. The predicted octanol–water partition coefficient (Wildman–Crippen LogP) is 1.49. The van der Waals surface area contributed by atoms with E-state index in [1.807, 2.05) is 18.2 Å². The second-order valence-electron chi connectivity index (χ2n) is 3.65. The number of hydrogen-bond acceptors (Lipinski definition) is 4. The third kappa shape index (κ3) is 1.60. The molecule has 88 valence electrons. The van der Waals surface area contributed by atoms with Crippen molar-refractivity contribution in [2.75, 3.05) is 0 Å². The summed E-state index contributed by atoms with van der Waals surface area (Å²) in [5, 5.41) is 9.03. The van der Waals surface area contributed by atoms with Gasteiger partial charge in [-0.25, -0.2) is 14.8 Å². The quantitative estimate of drug-likeness (QED) is 0.734. The van der Waals surface area contributed by atoms with Crippen LogP contribution >= 0.6 is 0 Å². The Morgan fingerprint density at radius 3 is 2.78 bits per heavy atom. The van der Waals surface area contributed by atoms with Gasteiger partial charge in [-0.1, -0.05) is 6.07 Å². The van der Waals surface area contributed by atoms with Gasteiger partial charge in [0.15, 0.2) is 11.3 Å². The highest BCUT2D eigenvalue weighted by Crippen LogP contribution is 2.17. The summed E-state index contributed by atoms with van der Waals surface area (Å²) in [6.45, 7) is 0. The second kappa shape index (κ2) is 3.92. The number of rotatable bonds is 2. The molecular formula is C12H8N4O2. The maximum Gasteiger partial charge on any atom is 0.358 e. The highest BCUT2D eigenvalue weighted by atomic mass is 16.4. The average Bonchev–Trinajstić information content (AvgIpc) is 2.83. The van der Waals surface area contributed by atoms with Crippen LogP contribution in [0.3, 0.4) is 0 Å². The first-order chi connectivity index (χ1) is 8.75. The zero-order valence-electron chi connectivity index (χ0n) is 9.19. The van der Waals surface area contributed by atoms with Crippen molar-refractivity contribution < 1.29 is 9.90 Å². The van der Waals surface area contributed by atoms with Crippen molar-refractivity contribution in [3.8, 4) is 11.4 Å². The van der Waals surface area contributed by atoms with Crippen LogP contribution in [0, 0.1) is 0 Å². The van der Waals surface area contributed by atoms with Crippen molar-refractivity contribution in [3.05, 3.63) is 48.7 Å². The van der Waals surface area contributed by atoms with Gasteiger partial charge in [-0.05, 0) is 12.1 Å². The number of aromatic nitrogens is 4. The van der Waals surface area contributed by atoms with Crippen LogP contribution in [0.5, 0.6) is 0 Å². The largest absolute Gasteiger partial charge is 0.476 e. The molecule has 18 heavy (non-hydrogen) atoms.